The number of hydrogen-bond donors (Lipinski definition) is 0. The van der Waals surface area contributed by atoms with Crippen molar-refractivity contribution in [3.8, 4) is 0 Å². The summed E-state index contributed by atoms with van der Waals surface area (Å²) in [5, 5.41) is 7.85. The normalized spacial score (nSPS) is 13.0. The maximum Gasteiger partial charge on any atom is 0.228 e. The second-order valence-corrected chi connectivity index (χ2v) is 8.44. The molecule has 0 radical (unpaired) electrons. The second kappa shape index (κ2) is 7.37. The van der Waals surface area contributed by atoms with Gasteiger partial charge in [-0.3, -0.25) is 0 Å². The average Bonchev–Trinajstić information content (AvgIpc) is 2.65. The van der Waals surface area contributed by atoms with Crippen LogP contribution in [0.5, 0.6) is 0 Å². The van der Waals surface area contributed by atoms with Crippen molar-refractivity contribution in [2.24, 2.45) is 0 Å². The van der Waals surface area contributed by atoms with Gasteiger partial charge in [0.05, 0.1) is 0 Å². The van der Waals surface area contributed by atoms with Gasteiger partial charge in [0.25, 0.3) is 0 Å². The van der Waals surface area contributed by atoms with E-state index >= 15 is 0 Å². The Labute approximate surface area is 146 Å². The molecule has 0 atom stereocenters. The molecule has 0 spiro atoms. The fraction of sp³-hybridized carbons (Fsp3) is 0.800. The van der Waals surface area contributed by atoms with Crippen LogP contribution in [0.2, 0.25) is 0 Å². The van der Waals surface area contributed by atoms with Gasteiger partial charge in [0, 0.05) is 6.54 Å². The zero-order chi connectivity index (χ0) is 14.7. The Hall–Kier alpha value is 1.07. The number of halogens is 6. The Balaban J connectivity index is 2.92. The van der Waals surface area contributed by atoms with Gasteiger partial charge in [0.2, 0.25) is 8.13 Å². The molecule has 0 bridgehead atoms. The molecule has 0 amide bonds. The molecule has 0 aliphatic carbocycles. The Morgan fingerprint density at radius 2 is 1.74 bits per heavy atom. The summed E-state index contributed by atoms with van der Waals surface area (Å²) in [6.07, 6.45) is 4.32. The van der Waals surface area contributed by atoms with Crippen molar-refractivity contribution in [2.75, 3.05) is 0 Å². The maximum atomic E-state index is 6.17. The molecule has 0 aliphatic heterocycles. The third kappa shape index (κ3) is 4.52. The van der Waals surface area contributed by atoms with E-state index in [0.717, 1.165) is 25.7 Å². The summed E-state index contributed by atoms with van der Waals surface area (Å²) in [4.78, 5) is 0. The third-order valence-electron chi connectivity index (χ3n) is 2.57. The van der Waals surface area contributed by atoms with Crippen LogP contribution in [0.4, 0.5) is 0 Å². The molecular weight excluding hydrogens is 419 g/mol. The highest BCUT2D eigenvalue weighted by Gasteiger charge is 2.51. The first-order valence-corrected chi connectivity index (χ1v) is 8.44. The molecule has 0 aliphatic rings. The second-order valence-electron chi connectivity index (χ2n) is 4.08. The molecule has 9 heteroatoms. The molecule has 1 aromatic rings. The van der Waals surface area contributed by atoms with E-state index in [1.807, 2.05) is 0 Å². The molecule has 1 rings (SSSR count). The van der Waals surface area contributed by atoms with Gasteiger partial charge in [-0.05, 0) is 22.4 Å². The molecule has 0 unspecified atom stereocenters. The lowest BCUT2D eigenvalue weighted by Crippen LogP contribution is -2.31. The van der Waals surface area contributed by atoms with E-state index in [9.17, 15) is 0 Å². The first-order chi connectivity index (χ1) is 8.71. The van der Waals surface area contributed by atoms with Gasteiger partial charge in [-0.2, -0.15) is 0 Å². The van der Waals surface area contributed by atoms with E-state index in [1.165, 1.54) is 0 Å². The Bertz CT molecular complexity index is 416. The summed E-state index contributed by atoms with van der Waals surface area (Å²) in [7, 11) is 0. The average molecular weight is 432 g/mol. The summed E-state index contributed by atoms with van der Waals surface area (Å²) >= 11 is 33.0. The predicted molar refractivity (Wildman–Crippen MR) is 85.5 cm³/mol. The van der Waals surface area contributed by atoms with Crippen LogP contribution in [0.1, 0.15) is 38.3 Å². The smallest absolute Gasteiger partial charge is 0.228 e. The van der Waals surface area contributed by atoms with Gasteiger partial charge >= 0.3 is 0 Å². The number of unbranched alkanes of at least 4 members (excludes halogenated alkanes) is 3. The molecule has 0 fully saturated rings. The van der Waals surface area contributed by atoms with Crippen LogP contribution in [-0.2, 0) is 10.9 Å². The first-order valence-electron chi connectivity index (χ1n) is 5.75. The van der Waals surface area contributed by atoms with Crippen LogP contribution < -0.4 is 0 Å². The van der Waals surface area contributed by atoms with E-state index in [1.54, 1.807) is 4.68 Å². The van der Waals surface area contributed by atoms with Crippen molar-refractivity contribution in [1.82, 2.24) is 15.0 Å². The molecule has 19 heavy (non-hydrogen) atoms. The summed E-state index contributed by atoms with van der Waals surface area (Å²) in [5.74, 6) is 0. The third-order valence-corrected chi connectivity index (χ3v) is 5.46. The molecule has 0 saturated carbocycles. The SMILES string of the molecule is CCCCCCn1nnc(Br)c1C(Cl)(Cl)C(Cl)(Cl)Cl. The zero-order valence-electron chi connectivity index (χ0n) is 10.1. The number of hydrogen-bond acceptors (Lipinski definition) is 2. The van der Waals surface area contributed by atoms with E-state index in [2.05, 4.69) is 33.2 Å². The minimum atomic E-state index is -1.89. The molecule has 0 saturated heterocycles. The largest absolute Gasteiger partial charge is 0.245 e. The molecular formula is C10H13BrCl5N3. The van der Waals surface area contributed by atoms with E-state index in [-0.39, 0.29) is 0 Å². The van der Waals surface area contributed by atoms with Gasteiger partial charge in [-0.15, -0.1) is 5.10 Å². The van der Waals surface area contributed by atoms with Crippen LogP contribution >= 0.6 is 73.9 Å². The maximum absolute atomic E-state index is 6.17. The van der Waals surface area contributed by atoms with Gasteiger partial charge in [-0.25, -0.2) is 4.68 Å². The minimum absolute atomic E-state index is 0.354. The van der Waals surface area contributed by atoms with Crippen molar-refractivity contribution < 1.29 is 0 Å². The van der Waals surface area contributed by atoms with Crippen LogP contribution in [0.3, 0.4) is 0 Å². The molecule has 0 N–H and O–H groups in total. The van der Waals surface area contributed by atoms with Crippen molar-refractivity contribution >= 4 is 73.9 Å². The Morgan fingerprint density at radius 1 is 1.11 bits per heavy atom. The monoisotopic (exact) mass is 429 g/mol. The van der Waals surface area contributed by atoms with Crippen molar-refractivity contribution in [2.45, 2.75) is 47.3 Å². The van der Waals surface area contributed by atoms with Crippen LogP contribution in [0.15, 0.2) is 4.60 Å². The minimum Gasteiger partial charge on any atom is -0.245 e. The number of nitrogens with zero attached hydrogens (tertiary/aromatic N) is 3. The predicted octanol–water partition coefficient (Wildman–Crippen LogP) is 5.62. The summed E-state index contributed by atoms with van der Waals surface area (Å²) in [5.41, 5.74) is 0.354. The topological polar surface area (TPSA) is 30.7 Å². The molecule has 110 valence electrons. The van der Waals surface area contributed by atoms with Crippen LogP contribution in [0, 0.1) is 0 Å². The number of rotatable bonds is 6. The van der Waals surface area contributed by atoms with Gasteiger partial charge in [-0.1, -0.05) is 89.4 Å². The van der Waals surface area contributed by atoms with Crippen molar-refractivity contribution in [1.29, 1.82) is 0 Å². The van der Waals surface area contributed by atoms with E-state index in [4.69, 9.17) is 58.0 Å². The molecule has 1 aromatic heterocycles. The Kier molecular flexibility index (Phi) is 7.03. The Morgan fingerprint density at radius 3 is 2.26 bits per heavy atom. The summed E-state index contributed by atoms with van der Waals surface area (Å²) in [6, 6.07) is 0. The quantitative estimate of drug-likeness (QED) is 0.432. The standard InChI is InChI=1S/C10H13BrCl5N3/c1-2-3-4-5-6-19-7(8(11)17-18-19)9(12,13)10(14,15)16/h2-6H2,1H3. The van der Waals surface area contributed by atoms with Gasteiger partial charge in [0.1, 0.15) is 5.69 Å². The number of aromatic nitrogens is 3. The highest BCUT2D eigenvalue weighted by atomic mass is 79.9. The number of aryl methyl sites for hydroxylation is 1. The summed E-state index contributed by atoms with van der Waals surface area (Å²) < 4.78 is -1.67. The molecule has 3 nitrogen and oxygen atoms in total. The first kappa shape index (κ1) is 18.1. The zero-order valence-corrected chi connectivity index (χ0v) is 15.5. The highest BCUT2D eigenvalue weighted by Crippen LogP contribution is 2.54. The summed E-state index contributed by atoms with van der Waals surface area (Å²) in [6.45, 7) is 2.76. The lowest BCUT2D eigenvalue weighted by Gasteiger charge is -2.27. The van der Waals surface area contributed by atoms with Crippen LogP contribution in [0.25, 0.3) is 0 Å². The van der Waals surface area contributed by atoms with E-state index in [0.29, 0.717) is 16.8 Å². The number of alkyl halides is 5. The van der Waals surface area contributed by atoms with E-state index < -0.39 is 8.13 Å². The van der Waals surface area contributed by atoms with Crippen LogP contribution in [-0.4, -0.2) is 18.8 Å². The lowest BCUT2D eigenvalue weighted by atomic mass is 10.2. The fourth-order valence-corrected chi connectivity index (χ4v) is 3.01. The van der Waals surface area contributed by atoms with Gasteiger partial charge < -0.3 is 0 Å². The fourth-order valence-electron chi connectivity index (χ4n) is 1.56. The van der Waals surface area contributed by atoms with Crippen molar-refractivity contribution in [3.63, 3.8) is 0 Å². The van der Waals surface area contributed by atoms with Crippen molar-refractivity contribution in [3.05, 3.63) is 10.3 Å². The lowest BCUT2D eigenvalue weighted by molar-refractivity contribution is 0.504. The van der Waals surface area contributed by atoms with Gasteiger partial charge in [0.15, 0.2) is 4.60 Å². The molecule has 1 heterocycles. The highest BCUT2D eigenvalue weighted by molar-refractivity contribution is 9.10. The molecule has 0 aromatic carbocycles.